The standard InChI is InChI=1S/C19H18FN3O2S/c1-11-7-12(5-6-14(11)20)8-21-16(24)9-23-10-22-18-17(19(23)25)13-3-2-4-15(13)26-18/h5-7,10H,2-4,8-9H2,1H3,(H,21,24). The lowest BCUT2D eigenvalue weighted by Gasteiger charge is -2.08. The molecule has 0 unspecified atom stereocenters. The molecule has 3 aromatic rings. The van der Waals surface area contributed by atoms with Crippen molar-refractivity contribution in [3.63, 3.8) is 0 Å². The number of nitrogens with one attached hydrogen (secondary N) is 1. The first-order valence-corrected chi connectivity index (χ1v) is 9.36. The van der Waals surface area contributed by atoms with E-state index in [-0.39, 0.29) is 30.4 Å². The molecular formula is C19H18FN3O2S. The molecule has 1 aliphatic rings. The van der Waals surface area contributed by atoms with Gasteiger partial charge in [-0.15, -0.1) is 11.3 Å². The van der Waals surface area contributed by atoms with Crippen LogP contribution in [0.15, 0.2) is 29.3 Å². The Morgan fingerprint density at radius 2 is 2.23 bits per heavy atom. The van der Waals surface area contributed by atoms with E-state index in [0.29, 0.717) is 10.9 Å². The van der Waals surface area contributed by atoms with E-state index in [1.165, 1.54) is 21.8 Å². The Kier molecular flexibility index (Phi) is 4.32. The predicted octanol–water partition coefficient (Wildman–Crippen LogP) is 2.71. The van der Waals surface area contributed by atoms with E-state index in [0.717, 1.165) is 35.2 Å². The number of aromatic nitrogens is 2. The van der Waals surface area contributed by atoms with Crippen LogP contribution in [-0.4, -0.2) is 15.5 Å². The summed E-state index contributed by atoms with van der Waals surface area (Å²) in [7, 11) is 0. The zero-order chi connectivity index (χ0) is 18.3. The van der Waals surface area contributed by atoms with E-state index < -0.39 is 0 Å². The van der Waals surface area contributed by atoms with Crippen LogP contribution in [0.4, 0.5) is 4.39 Å². The normalized spacial score (nSPS) is 13.2. The predicted molar refractivity (Wildman–Crippen MR) is 98.9 cm³/mol. The maximum Gasteiger partial charge on any atom is 0.262 e. The van der Waals surface area contributed by atoms with Crippen molar-refractivity contribution in [2.75, 3.05) is 0 Å². The van der Waals surface area contributed by atoms with E-state index in [1.54, 1.807) is 30.4 Å². The van der Waals surface area contributed by atoms with Crippen molar-refractivity contribution in [3.8, 4) is 0 Å². The van der Waals surface area contributed by atoms with Crippen LogP contribution in [-0.2, 0) is 30.7 Å². The summed E-state index contributed by atoms with van der Waals surface area (Å²) >= 11 is 1.58. The van der Waals surface area contributed by atoms with Gasteiger partial charge in [0.15, 0.2) is 0 Å². The quantitative estimate of drug-likeness (QED) is 0.767. The number of fused-ring (bicyclic) bond motifs is 3. The van der Waals surface area contributed by atoms with Gasteiger partial charge in [-0.3, -0.25) is 14.2 Å². The van der Waals surface area contributed by atoms with Crippen LogP contribution >= 0.6 is 11.3 Å². The van der Waals surface area contributed by atoms with Gasteiger partial charge in [0.25, 0.3) is 5.56 Å². The lowest BCUT2D eigenvalue weighted by molar-refractivity contribution is -0.121. The summed E-state index contributed by atoms with van der Waals surface area (Å²) in [6.45, 7) is 1.89. The minimum Gasteiger partial charge on any atom is -0.350 e. The molecule has 26 heavy (non-hydrogen) atoms. The monoisotopic (exact) mass is 371 g/mol. The minimum atomic E-state index is -0.276. The van der Waals surface area contributed by atoms with Gasteiger partial charge in [-0.05, 0) is 48.9 Å². The second-order valence-electron chi connectivity index (χ2n) is 6.58. The maximum absolute atomic E-state index is 13.3. The molecule has 1 aromatic carbocycles. The third-order valence-corrected chi connectivity index (χ3v) is 5.92. The van der Waals surface area contributed by atoms with Gasteiger partial charge in [-0.2, -0.15) is 0 Å². The molecule has 2 aromatic heterocycles. The molecule has 2 heterocycles. The summed E-state index contributed by atoms with van der Waals surface area (Å²) in [4.78, 5) is 31.3. The van der Waals surface area contributed by atoms with Crippen molar-refractivity contribution in [2.24, 2.45) is 0 Å². The van der Waals surface area contributed by atoms with E-state index in [2.05, 4.69) is 10.3 Å². The van der Waals surface area contributed by atoms with Gasteiger partial charge in [0.05, 0.1) is 11.7 Å². The molecule has 0 fully saturated rings. The molecule has 1 N–H and O–H groups in total. The number of carbonyl (C=O) groups is 1. The van der Waals surface area contributed by atoms with Crippen LogP contribution in [0, 0.1) is 12.7 Å². The highest BCUT2D eigenvalue weighted by atomic mass is 32.1. The Morgan fingerprint density at radius 3 is 3.04 bits per heavy atom. The lowest BCUT2D eigenvalue weighted by atomic mass is 10.1. The highest BCUT2D eigenvalue weighted by molar-refractivity contribution is 7.18. The van der Waals surface area contributed by atoms with Crippen LogP contribution in [0.25, 0.3) is 10.2 Å². The van der Waals surface area contributed by atoms with Gasteiger partial charge >= 0.3 is 0 Å². The van der Waals surface area contributed by atoms with Crippen LogP contribution in [0.3, 0.4) is 0 Å². The van der Waals surface area contributed by atoms with Crippen LogP contribution in [0.2, 0.25) is 0 Å². The Hall–Kier alpha value is -2.54. The first-order chi connectivity index (χ1) is 12.5. The smallest absolute Gasteiger partial charge is 0.262 e. The number of thiophene rings is 1. The molecule has 1 amide bonds. The molecule has 4 rings (SSSR count). The van der Waals surface area contributed by atoms with Gasteiger partial charge in [-0.25, -0.2) is 9.37 Å². The van der Waals surface area contributed by atoms with Crippen LogP contribution in [0.1, 0.15) is 28.0 Å². The first-order valence-electron chi connectivity index (χ1n) is 8.54. The summed E-state index contributed by atoms with van der Waals surface area (Å²) in [5, 5.41) is 3.44. The fourth-order valence-electron chi connectivity index (χ4n) is 3.36. The Bertz CT molecular complexity index is 1070. The molecule has 0 radical (unpaired) electrons. The topological polar surface area (TPSA) is 64.0 Å². The summed E-state index contributed by atoms with van der Waals surface area (Å²) < 4.78 is 14.7. The van der Waals surface area contributed by atoms with E-state index in [9.17, 15) is 14.0 Å². The van der Waals surface area contributed by atoms with E-state index in [4.69, 9.17) is 0 Å². The summed E-state index contributed by atoms with van der Waals surface area (Å²) in [5.41, 5.74) is 2.31. The number of amides is 1. The van der Waals surface area contributed by atoms with Crippen LogP contribution < -0.4 is 10.9 Å². The Balaban J connectivity index is 1.50. The number of carbonyl (C=O) groups excluding carboxylic acids is 1. The van der Waals surface area contributed by atoms with Gasteiger partial charge in [0.1, 0.15) is 17.2 Å². The molecular weight excluding hydrogens is 353 g/mol. The van der Waals surface area contributed by atoms with Gasteiger partial charge in [0, 0.05) is 11.4 Å². The molecule has 0 atom stereocenters. The number of benzene rings is 1. The third kappa shape index (κ3) is 3.03. The van der Waals surface area contributed by atoms with Crippen molar-refractivity contribution in [3.05, 3.63) is 62.3 Å². The number of hydrogen-bond acceptors (Lipinski definition) is 4. The number of halogens is 1. The molecule has 1 aliphatic carbocycles. The largest absolute Gasteiger partial charge is 0.350 e. The van der Waals surface area contributed by atoms with Crippen LogP contribution in [0.5, 0.6) is 0 Å². The minimum absolute atomic E-state index is 0.0768. The second-order valence-corrected chi connectivity index (χ2v) is 7.66. The molecule has 0 bridgehead atoms. The zero-order valence-corrected chi connectivity index (χ0v) is 15.2. The number of aryl methyl sites for hydroxylation is 3. The second kappa shape index (κ2) is 6.64. The summed E-state index contributed by atoms with van der Waals surface area (Å²) in [6.07, 6.45) is 4.43. The van der Waals surface area contributed by atoms with E-state index >= 15 is 0 Å². The molecule has 0 aliphatic heterocycles. The van der Waals surface area contributed by atoms with Gasteiger partial charge in [-0.1, -0.05) is 12.1 Å². The fourth-order valence-corrected chi connectivity index (χ4v) is 4.58. The molecule has 134 valence electrons. The van der Waals surface area contributed by atoms with Crippen molar-refractivity contribution in [2.45, 2.75) is 39.3 Å². The SMILES string of the molecule is Cc1cc(CNC(=O)Cn2cnc3sc4c(c3c2=O)CCC4)ccc1F. The van der Waals surface area contributed by atoms with Crippen molar-refractivity contribution in [1.29, 1.82) is 0 Å². The highest BCUT2D eigenvalue weighted by Crippen LogP contribution is 2.34. The Morgan fingerprint density at radius 1 is 1.38 bits per heavy atom. The third-order valence-electron chi connectivity index (χ3n) is 4.72. The van der Waals surface area contributed by atoms with Gasteiger partial charge < -0.3 is 5.32 Å². The van der Waals surface area contributed by atoms with E-state index in [1.807, 2.05) is 0 Å². The average Bonchev–Trinajstić information content (AvgIpc) is 3.19. The molecule has 7 heteroatoms. The van der Waals surface area contributed by atoms with Crippen molar-refractivity contribution >= 4 is 27.5 Å². The number of nitrogens with zero attached hydrogens (tertiary/aromatic N) is 2. The molecule has 0 saturated carbocycles. The van der Waals surface area contributed by atoms with Crippen molar-refractivity contribution in [1.82, 2.24) is 14.9 Å². The molecule has 5 nitrogen and oxygen atoms in total. The molecule has 0 saturated heterocycles. The number of hydrogen-bond donors (Lipinski definition) is 1. The maximum atomic E-state index is 13.3. The lowest BCUT2D eigenvalue weighted by Crippen LogP contribution is -2.32. The van der Waals surface area contributed by atoms with Gasteiger partial charge in [0.2, 0.25) is 5.91 Å². The number of rotatable bonds is 4. The zero-order valence-electron chi connectivity index (χ0n) is 14.3. The molecule has 0 spiro atoms. The summed E-state index contributed by atoms with van der Waals surface area (Å²) in [6, 6.07) is 4.72. The first kappa shape index (κ1) is 16.9. The van der Waals surface area contributed by atoms with Crippen molar-refractivity contribution < 1.29 is 9.18 Å². The Labute approximate surface area is 153 Å². The fraction of sp³-hybridized carbons (Fsp3) is 0.316. The average molecular weight is 371 g/mol. The highest BCUT2D eigenvalue weighted by Gasteiger charge is 2.21. The summed E-state index contributed by atoms with van der Waals surface area (Å²) in [5.74, 6) is -0.545.